The molecule has 0 atom stereocenters. The highest BCUT2D eigenvalue weighted by atomic mass is 15.2. The Morgan fingerprint density at radius 2 is 2.00 bits per heavy atom. The summed E-state index contributed by atoms with van der Waals surface area (Å²) in [5.74, 6) is 0. The van der Waals surface area contributed by atoms with Crippen LogP contribution in [0, 0.1) is 0 Å². The van der Waals surface area contributed by atoms with Gasteiger partial charge in [-0.15, -0.1) is 0 Å². The molecule has 1 aliphatic heterocycles. The topological polar surface area (TPSA) is 15.3 Å². The van der Waals surface area contributed by atoms with Crippen molar-refractivity contribution in [1.82, 2.24) is 10.2 Å². The third-order valence-corrected chi connectivity index (χ3v) is 4.66. The maximum atomic E-state index is 3.41. The van der Waals surface area contributed by atoms with Crippen LogP contribution in [-0.2, 0) is 12.8 Å². The highest BCUT2D eigenvalue weighted by Gasteiger charge is 2.11. The highest BCUT2D eigenvalue weighted by molar-refractivity contribution is 5.65. The molecule has 0 spiro atoms. The van der Waals surface area contributed by atoms with Gasteiger partial charge >= 0.3 is 0 Å². The standard InChI is InChI=1S/C18H26N2/c1-15(4-3-11-20-12-9-19-10-13-20)17-8-7-16-5-2-6-18(16)14-17/h4,7-8,14,19H,2-3,5-6,9-13H2,1H3/b15-4+. The van der Waals surface area contributed by atoms with Gasteiger partial charge in [0.1, 0.15) is 0 Å². The third kappa shape index (κ3) is 3.31. The molecule has 1 aromatic carbocycles. The molecular weight excluding hydrogens is 244 g/mol. The number of rotatable bonds is 4. The lowest BCUT2D eigenvalue weighted by molar-refractivity contribution is 0.245. The average Bonchev–Trinajstić information content (AvgIpc) is 2.95. The number of nitrogens with zero attached hydrogens (tertiary/aromatic N) is 1. The van der Waals surface area contributed by atoms with Crippen molar-refractivity contribution in [1.29, 1.82) is 0 Å². The van der Waals surface area contributed by atoms with Gasteiger partial charge in [-0.1, -0.05) is 24.3 Å². The summed E-state index contributed by atoms with van der Waals surface area (Å²) in [5.41, 5.74) is 6.01. The molecule has 2 nitrogen and oxygen atoms in total. The van der Waals surface area contributed by atoms with Gasteiger partial charge in [0.05, 0.1) is 0 Å². The summed E-state index contributed by atoms with van der Waals surface area (Å²) >= 11 is 0. The van der Waals surface area contributed by atoms with Crippen molar-refractivity contribution in [3.8, 4) is 0 Å². The highest BCUT2D eigenvalue weighted by Crippen LogP contribution is 2.25. The lowest BCUT2D eigenvalue weighted by Gasteiger charge is -2.26. The summed E-state index contributed by atoms with van der Waals surface area (Å²) in [6.45, 7) is 8.15. The first kappa shape index (κ1) is 13.8. The molecule has 0 radical (unpaired) electrons. The summed E-state index contributed by atoms with van der Waals surface area (Å²) < 4.78 is 0. The van der Waals surface area contributed by atoms with Crippen LogP contribution in [0.3, 0.4) is 0 Å². The fraction of sp³-hybridized carbons (Fsp3) is 0.556. The van der Waals surface area contributed by atoms with E-state index in [4.69, 9.17) is 0 Å². The first-order chi connectivity index (χ1) is 9.83. The molecule has 3 rings (SSSR count). The largest absolute Gasteiger partial charge is 0.314 e. The molecule has 108 valence electrons. The minimum absolute atomic E-state index is 1.15. The van der Waals surface area contributed by atoms with E-state index in [1.807, 2.05) is 0 Å². The number of aryl methyl sites for hydroxylation is 2. The number of allylic oxidation sites excluding steroid dienone is 1. The monoisotopic (exact) mass is 270 g/mol. The van der Waals surface area contributed by atoms with E-state index in [0.717, 1.165) is 13.1 Å². The van der Waals surface area contributed by atoms with Crippen LogP contribution >= 0.6 is 0 Å². The van der Waals surface area contributed by atoms with Gasteiger partial charge in [-0.3, -0.25) is 0 Å². The van der Waals surface area contributed by atoms with Crippen LogP contribution < -0.4 is 5.32 Å². The van der Waals surface area contributed by atoms with Crippen LogP contribution in [0.2, 0.25) is 0 Å². The van der Waals surface area contributed by atoms with E-state index in [-0.39, 0.29) is 0 Å². The predicted molar refractivity (Wildman–Crippen MR) is 86.0 cm³/mol. The Morgan fingerprint density at radius 3 is 2.85 bits per heavy atom. The van der Waals surface area contributed by atoms with E-state index < -0.39 is 0 Å². The van der Waals surface area contributed by atoms with E-state index >= 15 is 0 Å². The van der Waals surface area contributed by atoms with Crippen LogP contribution in [0.1, 0.15) is 36.5 Å². The number of hydrogen-bond acceptors (Lipinski definition) is 2. The molecule has 0 unspecified atom stereocenters. The minimum atomic E-state index is 1.15. The zero-order valence-electron chi connectivity index (χ0n) is 12.6. The van der Waals surface area contributed by atoms with Gasteiger partial charge in [-0.2, -0.15) is 0 Å². The molecule has 2 aliphatic rings. The molecule has 1 aliphatic carbocycles. The van der Waals surface area contributed by atoms with E-state index in [0.29, 0.717) is 0 Å². The van der Waals surface area contributed by atoms with Gasteiger partial charge in [0.25, 0.3) is 0 Å². The molecule has 0 saturated carbocycles. The molecule has 1 N–H and O–H groups in total. The van der Waals surface area contributed by atoms with Gasteiger partial charge in [0.15, 0.2) is 0 Å². The number of hydrogen-bond donors (Lipinski definition) is 1. The van der Waals surface area contributed by atoms with E-state index in [1.165, 1.54) is 56.5 Å². The lowest BCUT2D eigenvalue weighted by Crippen LogP contribution is -2.43. The Hall–Kier alpha value is -1.12. The van der Waals surface area contributed by atoms with Crippen molar-refractivity contribution in [2.45, 2.75) is 32.6 Å². The van der Waals surface area contributed by atoms with Crippen molar-refractivity contribution >= 4 is 5.57 Å². The second-order valence-electron chi connectivity index (χ2n) is 6.10. The maximum Gasteiger partial charge on any atom is 0.0107 e. The third-order valence-electron chi connectivity index (χ3n) is 4.66. The Bertz CT molecular complexity index is 484. The summed E-state index contributed by atoms with van der Waals surface area (Å²) in [7, 11) is 0. The Kier molecular flexibility index (Phi) is 4.54. The normalized spacial score (nSPS) is 20.1. The summed E-state index contributed by atoms with van der Waals surface area (Å²) in [4.78, 5) is 2.56. The fourth-order valence-corrected chi connectivity index (χ4v) is 3.33. The smallest absolute Gasteiger partial charge is 0.0107 e. The van der Waals surface area contributed by atoms with Crippen molar-refractivity contribution in [3.63, 3.8) is 0 Å². The Balaban J connectivity index is 1.57. The molecule has 0 amide bonds. The minimum Gasteiger partial charge on any atom is -0.314 e. The molecule has 1 fully saturated rings. The van der Waals surface area contributed by atoms with E-state index in [9.17, 15) is 0 Å². The quantitative estimate of drug-likeness (QED) is 0.905. The zero-order valence-corrected chi connectivity index (χ0v) is 12.6. The van der Waals surface area contributed by atoms with Gasteiger partial charge in [0, 0.05) is 32.7 Å². The molecule has 1 aromatic rings. The first-order valence-electron chi connectivity index (χ1n) is 8.05. The number of piperazine rings is 1. The van der Waals surface area contributed by atoms with E-state index in [1.54, 1.807) is 11.1 Å². The predicted octanol–water partition coefficient (Wildman–Crippen LogP) is 2.87. The van der Waals surface area contributed by atoms with Gasteiger partial charge in [-0.05, 0) is 54.9 Å². The first-order valence-corrected chi connectivity index (χ1v) is 8.05. The van der Waals surface area contributed by atoms with Crippen LogP contribution in [0.4, 0.5) is 0 Å². The Morgan fingerprint density at radius 1 is 1.20 bits per heavy atom. The van der Waals surface area contributed by atoms with Crippen molar-refractivity contribution in [2.75, 3.05) is 32.7 Å². The van der Waals surface area contributed by atoms with Crippen molar-refractivity contribution < 1.29 is 0 Å². The van der Waals surface area contributed by atoms with Crippen LogP contribution in [0.25, 0.3) is 5.57 Å². The zero-order chi connectivity index (χ0) is 13.8. The second-order valence-corrected chi connectivity index (χ2v) is 6.10. The van der Waals surface area contributed by atoms with Gasteiger partial charge < -0.3 is 10.2 Å². The number of benzene rings is 1. The summed E-state index contributed by atoms with van der Waals surface area (Å²) in [5, 5.41) is 3.41. The Labute approximate surface area is 122 Å². The lowest BCUT2D eigenvalue weighted by atomic mass is 10.0. The van der Waals surface area contributed by atoms with Crippen molar-refractivity contribution in [2.24, 2.45) is 0 Å². The SMILES string of the molecule is C/C(=C\CCN1CCNCC1)c1ccc2c(c1)CCC2. The fourth-order valence-electron chi connectivity index (χ4n) is 3.33. The van der Waals surface area contributed by atoms with E-state index in [2.05, 4.69) is 41.4 Å². The maximum absolute atomic E-state index is 3.41. The molecule has 2 heteroatoms. The number of fused-ring (bicyclic) bond motifs is 1. The van der Waals surface area contributed by atoms with Crippen LogP contribution in [0.5, 0.6) is 0 Å². The number of nitrogens with one attached hydrogen (secondary N) is 1. The van der Waals surface area contributed by atoms with Gasteiger partial charge in [-0.25, -0.2) is 0 Å². The molecule has 0 aromatic heterocycles. The molecule has 1 saturated heterocycles. The summed E-state index contributed by atoms with van der Waals surface area (Å²) in [6, 6.07) is 7.06. The molecular formula is C18H26N2. The molecule has 20 heavy (non-hydrogen) atoms. The second kappa shape index (κ2) is 6.55. The summed E-state index contributed by atoms with van der Waals surface area (Å²) in [6.07, 6.45) is 7.48. The van der Waals surface area contributed by atoms with Crippen LogP contribution in [-0.4, -0.2) is 37.6 Å². The average molecular weight is 270 g/mol. The van der Waals surface area contributed by atoms with Crippen molar-refractivity contribution in [3.05, 3.63) is 41.0 Å². The molecule has 1 heterocycles. The van der Waals surface area contributed by atoms with Crippen LogP contribution in [0.15, 0.2) is 24.3 Å². The molecule has 0 bridgehead atoms. The van der Waals surface area contributed by atoms with Gasteiger partial charge in [0.2, 0.25) is 0 Å².